The molecule has 1 atom stereocenters. The second kappa shape index (κ2) is 8.21. The van der Waals surface area contributed by atoms with Gasteiger partial charge in [-0.15, -0.1) is 0 Å². The minimum Gasteiger partial charge on any atom is -0.352 e. The highest BCUT2D eigenvalue weighted by Crippen LogP contribution is 2.08. The fourth-order valence-corrected chi connectivity index (χ4v) is 2.51. The van der Waals surface area contributed by atoms with Crippen molar-refractivity contribution >= 4 is 23.3 Å². The van der Waals surface area contributed by atoms with Crippen molar-refractivity contribution in [2.45, 2.75) is 19.4 Å². The molecule has 0 aliphatic rings. The van der Waals surface area contributed by atoms with E-state index in [4.69, 9.17) is 0 Å². The summed E-state index contributed by atoms with van der Waals surface area (Å²) in [5.41, 5.74) is 1.25. The van der Waals surface area contributed by atoms with Crippen molar-refractivity contribution in [1.29, 1.82) is 0 Å². The van der Waals surface area contributed by atoms with E-state index in [1.54, 1.807) is 29.8 Å². The number of rotatable bonds is 7. The highest BCUT2D eigenvalue weighted by molar-refractivity contribution is 7.07. The Morgan fingerprint density at radius 1 is 1.33 bits per heavy atom. The maximum absolute atomic E-state index is 11.7. The number of aromatic nitrogens is 2. The molecule has 0 radical (unpaired) electrons. The number of hydrogen-bond donors (Lipinski definition) is 3. The van der Waals surface area contributed by atoms with Gasteiger partial charge in [-0.05, 0) is 41.8 Å². The Balaban J connectivity index is 1.59. The van der Waals surface area contributed by atoms with Crippen LogP contribution in [0, 0.1) is 0 Å². The summed E-state index contributed by atoms with van der Waals surface area (Å²) in [6.45, 7) is 3.08. The molecular formula is C14H19N5OS. The van der Waals surface area contributed by atoms with Crippen LogP contribution in [-0.2, 0) is 6.42 Å². The number of nitrogens with one attached hydrogen (secondary N) is 3. The molecule has 112 valence electrons. The SMILES string of the molecule is CC(Cc1ccsc1)NC(=O)NCCNc1ncccn1. The van der Waals surface area contributed by atoms with Gasteiger partial charge in [0.15, 0.2) is 0 Å². The zero-order valence-corrected chi connectivity index (χ0v) is 12.7. The Bertz CT molecular complexity index is 532. The molecule has 0 bridgehead atoms. The first-order valence-corrected chi connectivity index (χ1v) is 7.74. The van der Waals surface area contributed by atoms with Gasteiger partial charge >= 0.3 is 6.03 Å². The summed E-state index contributed by atoms with van der Waals surface area (Å²) >= 11 is 1.67. The van der Waals surface area contributed by atoms with Crippen molar-refractivity contribution in [3.8, 4) is 0 Å². The number of nitrogens with zero attached hydrogens (tertiary/aromatic N) is 2. The van der Waals surface area contributed by atoms with Crippen LogP contribution in [-0.4, -0.2) is 35.1 Å². The summed E-state index contributed by atoms with van der Waals surface area (Å²) in [6, 6.07) is 3.77. The summed E-state index contributed by atoms with van der Waals surface area (Å²) in [5, 5.41) is 12.9. The predicted molar refractivity (Wildman–Crippen MR) is 84.5 cm³/mol. The standard InChI is InChI=1S/C14H19N5OS/c1-11(9-12-3-8-21-10-12)19-14(20)18-7-6-17-13-15-4-2-5-16-13/h2-5,8,10-11H,6-7,9H2,1H3,(H,15,16,17)(H2,18,19,20). The van der Waals surface area contributed by atoms with E-state index < -0.39 is 0 Å². The minimum atomic E-state index is -0.159. The van der Waals surface area contributed by atoms with Crippen molar-refractivity contribution in [3.05, 3.63) is 40.8 Å². The monoisotopic (exact) mass is 305 g/mol. The largest absolute Gasteiger partial charge is 0.352 e. The van der Waals surface area contributed by atoms with Crippen LogP contribution in [0.15, 0.2) is 35.3 Å². The van der Waals surface area contributed by atoms with Crippen LogP contribution in [0.1, 0.15) is 12.5 Å². The van der Waals surface area contributed by atoms with E-state index in [0.29, 0.717) is 19.0 Å². The smallest absolute Gasteiger partial charge is 0.315 e. The molecule has 2 rings (SSSR count). The molecule has 1 unspecified atom stereocenters. The van der Waals surface area contributed by atoms with Crippen molar-refractivity contribution in [2.75, 3.05) is 18.4 Å². The van der Waals surface area contributed by atoms with E-state index in [1.165, 1.54) is 5.56 Å². The Labute approximate surface area is 128 Å². The van der Waals surface area contributed by atoms with E-state index in [2.05, 4.69) is 37.4 Å². The fourth-order valence-electron chi connectivity index (χ4n) is 1.83. The van der Waals surface area contributed by atoms with Gasteiger partial charge in [-0.1, -0.05) is 0 Å². The topological polar surface area (TPSA) is 78.9 Å². The van der Waals surface area contributed by atoms with Gasteiger partial charge in [0.25, 0.3) is 0 Å². The van der Waals surface area contributed by atoms with Gasteiger partial charge in [0.05, 0.1) is 0 Å². The highest BCUT2D eigenvalue weighted by atomic mass is 32.1. The van der Waals surface area contributed by atoms with Crippen LogP contribution in [0.5, 0.6) is 0 Å². The molecule has 2 aromatic rings. The third-order valence-electron chi connectivity index (χ3n) is 2.76. The molecule has 0 fully saturated rings. The van der Waals surface area contributed by atoms with Crippen molar-refractivity contribution in [3.63, 3.8) is 0 Å². The number of anilines is 1. The normalized spacial score (nSPS) is 11.7. The quantitative estimate of drug-likeness (QED) is 0.682. The first-order chi connectivity index (χ1) is 10.2. The van der Waals surface area contributed by atoms with E-state index in [-0.39, 0.29) is 12.1 Å². The van der Waals surface area contributed by atoms with E-state index in [9.17, 15) is 4.79 Å². The summed E-state index contributed by atoms with van der Waals surface area (Å²) in [4.78, 5) is 19.8. The first-order valence-electron chi connectivity index (χ1n) is 6.80. The summed E-state index contributed by atoms with van der Waals surface area (Å²) in [7, 11) is 0. The second-order valence-electron chi connectivity index (χ2n) is 4.64. The maximum Gasteiger partial charge on any atom is 0.315 e. The third kappa shape index (κ3) is 5.78. The van der Waals surface area contributed by atoms with Crippen LogP contribution in [0.4, 0.5) is 10.7 Å². The molecule has 0 aliphatic carbocycles. The molecule has 2 heterocycles. The fraction of sp³-hybridized carbons (Fsp3) is 0.357. The molecule has 6 nitrogen and oxygen atoms in total. The zero-order valence-electron chi connectivity index (χ0n) is 11.9. The lowest BCUT2D eigenvalue weighted by Gasteiger charge is -2.14. The van der Waals surface area contributed by atoms with E-state index in [0.717, 1.165) is 6.42 Å². The van der Waals surface area contributed by atoms with Gasteiger partial charge in [0.1, 0.15) is 0 Å². The molecule has 21 heavy (non-hydrogen) atoms. The molecule has 2 aromatic heterocycles. The van der Waals surface area contributed by atoms with Gasteiger partial charge in [0, 0.05) is 31.5 Å². The molecule has 0 saturated carbocycles. The lowest BCUT2D eigenvalue weighted by Crippen LogP contribution is -2.43. The Kier molecular flexibility index (Phi) is 5.96. The number of thiophene rings is 1. The summed E-state index contributed by atoms with van der Waals surface area (Å²) in [6.07, 6.45) is 4.18. The lowest BCUT2D eigenvalue weighted by atomic mass is 10.1. The lowest BCUT2D eigenvalue weighted by molar-refractivity contribution is 0.238. The Morgan fingerprint density at radius 3 is 2.86 bits per heavy atom. The molecule has 3 N–H and O–H groups in total. The van der Waals surface area contributed by atoms with Gasteiger partial charge in [-0.25, -0.2) is 14.8 Å². The van der Waals surface area contributed by atoms with Crippen molar-refractivity contribution in [1.82, 2.24) is 20.6 Å². The van der Waals surface area contributed by atoms with Crippen LogP contribution < -0.4 is 16.0 Å². The highest BCUT2D eigenvalue weighted by Gasteiger charge is 2.07. The minimum absolute atomic E-state index is 0.102. The van der Waals surface area contributed by atoms with Crippen LogP contribution in [0.2, 0.25) is 0 Å². The molecule has 0 aromatic carbocycles. The van der Waals surface area contributed by atoms with Gasteiger partial charge in [-0.2, -0.15) is 11.3 Å². The van der Waals surface area contributed by atoms with Crippen LogP contribution in [0.25, 0.3) is 0 Å². The third-order valence-corrected chi connectivity index (χ3v) is 3.49. The predicted octanol–water partition coefficient (Wildman–Crippen LogP) is 1.88. The van der Waals surface area contributed by atoms with Gasteiger partial charge in [0.2, 0.25) is 5.95 Å². The van der Waals surface area contributed by atoms with E-state index in [1.807, 2.05) is 12.3 Å². The maximum atomic E-state index is 11.7. The van der Waals surface area contributed by atoms with Crippen LogP contribution in [0.3, 0.4) is 0 Å². The number of carbonyl (C=O) groups is 1. The number of carbonyl (C=O) groups excluding carboxylic acids is 1. The number of urea groups is 1. The van der Waals surface area contributed by atoms with Crippen LogP contribution >= 0.6 is 11.3 Å². The molecule has 0 aliphatic heterocycles. The van der Waals surface area contributed by atoms with E-state index >= 15 is 0 Å². The molecule has 7 heteroatoms. The Morgan fingerprint density at radius 2 is 2.14 bits per heavy atom. The average Bonchev–Trinajstić information content (AvgIpc) is 2.97. The average molecular weight is 305 g/mol. The second-order valence-corrected chi connectivity index (χ2v) is 5.42. The first kappa shape index (κ1) is 15.2. The summed E-state index contributed by atoms with van der Waals surface area (Å²) in [5.74, 6) is 0.561. The van der Waals surface area contributed by atoms with Crippen molar-refractivity contribution < 1.29 is 4.79 Å². The number of amides is 2. The number of hydrogen-bond acceptors (Lipinski definition) is 5. The zero-order chi connectivity index (χ0) is 14.9. The molecule has 0 saturated heterocycles. The van der Waals surface area contributed by atoms with Gasteiger partial charge in [-0.3, -0.25) is 0 Å². The van der Waals surface area contributed by atoms with Gasteiger partial charge < -0.3 is 16.0 Å². The molecule has 2 amide bonds. The summed E-state index contributed by atoms with van der Waals surface area (Å²) < 4.78 is 0. The van der Waals surface area contributed by atoms with Crippen molar-refractivity contribution in [2.24, 2.45) is 0 Å². The molecular weight excluding hydrogens is 286 g/mol. The Hall–Kier alpha value is -2.15. The molecule has 0 spiro atoms.